The molecular weight excluding hydrogens is 340 g/mol. The monoisotopic (exact) mass is 366 g/mol. The van der Waals surface area contributed by atoms with Gasteiger partial charge in [0.25, 0.3) is 0 Å². The maximum atomic E-state index is 11.7. The maximum Gasteiger partial charge on any atom is 0.152 e. The summed E-state index contributed by atoms with van der Waals surface area (Å²) in [6.07, 6.45) is 5.99. The first-order valence-electron chi connectivity index (χ1n) is 8.58. The van der Waals surface area contributed by atoms with E-state index in [1.165, 1.54) is 0 Å². The van der Waals surface area contributed by atoms with E-state index < -0.39 is 9.84 Å². The standard InChI is InChI=1S/C18H26N2O2S2/c1-15(2)24(21,22)14-10-5-3-4-9-13-17-19-20-18(23-17)16-11-7-6-8-12-16/h6-8,11-12,15H,3-5,9-10,13-14H2,1-2H3. The minimum Gasteiger partial charge on any atom is -0.229 e. The van der Waals surface area contributed by atoms with Gasteiger partial charge in [-0.25, -0.2) is 8.42 Å². The Bertz CT molecular complexity index is 710. The van der Waals surface area contributed by atoms with E-state index >= 15 is 0 Å². The van der Waals surface area contributed by atoms with Gasteiger partial charge in [-0.15, -0.1) is 10.2 Å². The van der Waals surface area contributed by atoms with Crippen molar-refractivity contribution >= 4 is 21.2 Å². The molecule has 0 aliphatic heterocycles. The highest BCUT2D eigenvalue weighted by molar-refractivity contribution is 7.91. The summed E-state index contributed by atoms with van der Waals surface area (Å²) in [5, 5.41) is 10.3. The van der Waals surface area contributed by atoms with E-state index in [9.17, 15) is 8.42 Å². The van der Waals surface area contributed by atoms with Crippen molar-refractivity contribution in [3.8, 4) is 10.6 Å². The molecule has 1 aromatic carbocycles. The lowest BCUT2D eigenvalue weighted by Gasteiger charge is -2.06. The molecule has 0 fully saturated rings. The molecule has 2 rings (SSSR count). The molecule has 0 amide bonds. The molecule has 0 aliphatic rings. The zero-order valence-electron chi connectivity index (χ0n) is 14.4. The van der Waals surface area contributed by atoms with Gasteiger partial charge in [0.15, 0.2) is 9.84 Å². The third kappa shape index (κ3) is 5.98. The Morgan fingerprint density at radius 3 is 2.33 bits per heavy atom. The molecule has 0 unspecified atom stereocenters. The topological polar surface area (TPSA) is 59.9 Å². The van der Waals surface area contributed by atoms with Crippen LogP contribution in [0.5, 0.6) is 0 Å². The van der Waals surface area contributed by atoms with Crippen molar-refractivity contribution in [2.24, 2.45) is 0 Å². The van der Waals surface area contributed by atoms with Crippen molar-refractivity contribution in [3.05, 3.63) is 35.3 Å². The first kappa shape index (κ1) is 19.1. The molecule has 132 valence electrons. The highest BCUT2D eigenvalue weighted by Gasteiger charge is 2.14. The maximum absolute atomic E-state index is 11.7. The lowest BCUT2D eigenvalue weighted by Crippen LogP contribution is -2.17. The third-order valence-corrected chi connectivity index (χ3v) is 7.35. The fraction of sp³-hybridized carbons (Fsp3) is 0.556. The second kappa shape index (κ2) is 9.28. The first-order chi connectivity index (χ1) is 11.5. The van der Waals surface area contributed by atoms with Gasteiger partial charge < -0.3 is 0 Å². The Morgan fingerprint density at radius 2 is 1.62 bits per heavy atom. The fourth-order valence-electron chi connectivity index (χ4n) is 2.40. The van der Waals surface area contributed by atoms with Gasteiger partial charge in [-0.1, -0.05) is 60.9 Å². The van der Waals surface area contributed by atoms with E-state index in [0.717, 1.165) is 54.1 Å². The van der Waals surface area contributed by atoms with Crippen LogP contribution in [0.15, 0.2) is 30.3 Å². The van der Waals surface area contributed by atoms with Crippen LogP contribution < -0.4 is 0 Å². The van der Waals surface area contributed by atoms with E-state index in [2.05, 4.69) is 22.3 Å². The first-order valence-corrected chi connectivity index (χ1v) is 11.1. The highest BCUT2D eigenvalue weighted by Crippen LogP contribution is 2.24. The second-order valence-electron chi connectivity index (χ2n) is 6.30. The van der Waals surface area contributed by atoms with Gasteiger partial charge in [-0.2, -0.15) is 0 Å². The van der Waals surface area contributed by atoms with Crippen molar-refractivity contribution in [3.63, 3.8) is 0 Å². The van der Waals surface area contributed by atoms with Gasteiger partial charge in [-0.3, -0.25) is 0 Å². The highest BCUT2D eigenvalue weighted by atomic mass is 32.2. The van der Waals surface area contributed by atoms with Crippen molar-refractivity contribution < 1.29 is 8.42 Å². The Morgan fingerprint density at radius 1 is 0.958 bits per heavy atom. The van der Waals surface area contributed by atoms with Gasteiger partial charge >= 0.3 is 0 Å². The largest absolute Gasteiger partial charge is 0.229 e. The smallest absolute Gasteiger partial charge is 0.152 e. The van der Waals surface area contributed by atoms with Crippen molar-refractivity contribution in [1.29, 1.82) is 0 Å². The third-order valence-electron chi connectivity index (χ3n) is 4.03. The average molecular weight is 367 g/mol. The molecule has 0 radical (unpaired) electrons. The quantitative estimate of drug-likeness (QED) is 0.580. The Kier molecular flexibility index (Phi) is 7.37. The molecule has 4 nitrogen and oxygen atoms in total. The Balaban J connectivity index is 1.63. The van der Waals surface area contributed by atoms with E-state index in [4.69, 9.17) is 0 Å². The molecule has 0 bridgehead atoms. The summed E-state index contributed by atoms with van der Waals surface area (Å²) in [6, 6.07) is 10.1. The number of rotatable bonds is 10. The van der Waals surface area contributed by atoms with Gasteiger partial charge in [0.1, 0.15) is 10.0 Å². The number of nitrogens with zero attached hydrogens (tertiary/aromatic N) is 2. The summed E-state index contributed by atoms with van der Waals surface area (Å²) >= 11 is 1.66. The van der Waals surface area contributed by atoms with E-state index in [1.807, 2.05) is 18.2 Å². The normalized spacial score (nSPS) is 12.0. The van der Waals surface area contributed by atoms with E-state index in [1.54, 1.807) is 25.2 Å². The number of aromatic nitrogens is 2. The molecule has 0 N–H and O–H groups in total. The fourth-order valence-corrected chi connectivity index (χ4v) is 4.36. The Labute approximate surface area is 149 Å². The second-order valence-corrected chi connectivity index (χ2v) is 10.0. The molecule has 0 aliphatic carbocycles. The number of unbranched alkanes of at least 4 members (excludes halogenated alkanes) is 4. The molecule has 0 atom stereocenters. The molecule has 24 heavy (non-hydrogen) atoms. The summed E-state index contributed by atoms with van der Waals surface area (Å²) in [7, 11) is -2.87. The van der Waals surface area contributed by atoms with Crippen LogP contribution in [-0.4, -0.2) is 29.6 Å². The van der Waals surface area contributed by atoms with Gasteiger partial charge in [0, 0.05) is 12.0 Å². The summed E-state index contributed by atoms with van der Waals surface area (Å²) in [4.78, 5) is 0. The zero-order chi connectivity index (χ0) is 17.4. The molecular formula is C18H26N2O2S2. The van der Waals surface area contributed by atoms with Crippen LogP contribution >= 0.6 is 11.3 Å². The molecule has 1 aromatic heterocycles. The van der Waals surface area contributed by atoms with Crippen molar-refractivity contribution in [2.45, 2.75) is 57.6 Å². The van der Waals surface area contributed by atoms with Crippen molar-refractivity contribution in [2.75, 3.05) is 5.75 Å². The van der Waals surface area contributed by atoms with E-state index in [0.29, 0.717) is 5.75 Å². The number of aryl methyl sites for hydroxylation is 1. The Hall–Kier alpha value is -1.27. The summed E-state index contributed by atoms with van der Waals surface area (Å²) in [6.45, 7) is 3.50. The van der Waals surface area contributed by atoms with E-state index in [-0.39, 0.29) is 5.25 Å². The summed E-state index contributed by atoms with van der Waals surface area (Å²) in [5.41, 5.74) is 1.12. The number of benzene rings is 1. The van der Waals surface area contributed by atoms with Crippen LogP contribution in [-0.2, 0) is 16.3 Å². The number of sulfone groups is 1. The van der Waals surface area contributed by atoms with Crippen LogP contribution in [0.25, 0.3) is 10.6 Å². The lowest BCUT2D eigenvalue weighted by atomic mass is 10.1. The van der Waals surface area contributed by atoms with Crippen LogP contribution in [0, 0.1) is 0 Å². The SMILES string of the molecule is CC(C)S(=O)(=O)CCCCCCCc1nnc(-c2ccccc2)s1. The van der Waals surface area contributed by atoms with Gasteiger partial charge in [-0.05, 0) is 26.7 Å². The molecule has 0 spiro atoms. The molecule has 1 heterocycles. The van der Waals surface area contributed by atoms with Crippen LogP contribution in [0.1, 0.15) is 51.0 Å². The zero-order valence-corrected chi connectivity index (χ0v) is 16.1. The van der Waals surface area contributed by atoms with Gasteiger partial charge in [0.2, 0.25) is 0 Å². The summed E-state index contributed by atoms with van der Waals surface area (Å²) < 4.78 is 23.4. The summed E-state index contributed by atoms with van der Waals surface area (Å²) in [5.74, 6) is 0.321. The van der Waals surface area contributed by atoms with Crippen molar-refractivity contribution in [1.82, 2.24) is 10.2 Å². The number of hydrogen-bond donors (Lipinski definition) is 0. The van der Waals surface area contributed by atoms with Crippen LogP contribution in [0.3, 0.4) is 0 Å². The minimum atomic E-state index is -2.87. The van der Waals surface area contributed by atoms with Crippen LogP contribution in [0.2, 0.25) is 0 Å². The average Bonchev–Trinajstić information content (AvgIpc) is 3.03. The molecule has 0 saturated heterocycles. The number of hydrogen-bond acceptors (Lipinski definition) is 5. The molecule has 2 aromatic rings. The lowest BCUT2D eigenvalue weighted by molar-refractivity contribution is 0.577. The predicted octanol–water partition coefficient (Wildman–Crippen LogP) is 4.52. The predicted molar refractivity (Wildman–Crippen MR) is 101 cm³/mol. The molecule has 0 saturated carbocycles. The van der Waals surface area contributed by atoms with Crippen LogP contribution in [0.4, 0.5) is 0 Å². The van der Waals surface area contributed by atoms with Gasteiger partial charge in [0.05, 0.1) is 11.0 Å². The minimum absolute atomic E-state index is 0.256. The molecule has 6 heteroatoms.